The maximum atomic E-state index is 6.31. The molecule has 2 aromatic carbocycles. The average Bonchev–Trinajstić information content (AvgIpc) is 3.63. The van der Waals surface area contributed by atoms with E-state index in [1.807, 2.05) is 43.3 Å². The van der Waals surface area contributed by atoms with Gasteiger partial charge < -0.3 is 30.4 Å². The van der Waals surface area contributed by atoms with E-state index in [1.54, 1.807) is 13.3 Å². The van der Waals surface area contributed by atoms with Gasteiger partial charge in [-0.15, -0.1) is 0 Å². The van der Waals surface area contributed by atoms with Crippen LogP contribution in [0.4, 0.5) is 11.8 Å². The van der Waals surface area contributed by atoms with E-state index in [9.17, 15) is 0 Å². The second-order valence-corrected chi connectivity index (χ2v) is 8.05. The summed E-state index contributed by atoms with van der Waals surface area (Å²) in [7, 11) is 1.60. The molecule has 33 heavy (non-hydrogen) atoms. The maximum absolute atomic E-state index is 6.31. The number of nitrogen functional groups attached to an aromatic ring is 2. The standard InChI is InChI=1S/C25H30N4O4/c1-3-31-21-11-17(10-19-13-28-25(27)29-24(19)26)12-22(32-14-16-4-5-16)23(21)18-6-8-20(9-7-18)33-15-30-2/h6-9,11-13,16H,3-5,10,14-15H2,1-2H3,(H4,26,27,28,29). The minimum Gasteiger partial charge on any atom is -0.493 e. The molecule has 0 unspecified atom stereocenters. The Morgan fingerprint density at radius 2 is 1.73 bits per heavy atom. The second-order valence-electron chi connectivity index (χ2n) is 8.05. The fourth-order valence-corrected chi connectivity index (χ4v) is 3.54. The van der Waals surface area contributed by atoms with Crippen molar-refractivity contribution in [3.8, 4) is 28.4 Å². The molecular formula is C25H30N4O4. The number of ether oxygens (including phenoxy) is 4. The van der Waals surface area contributed by atoms with Crippen LogP contribution in [0, 0.1) is 5.92 Å². The van der Waals surface area contributed by atoms with Crippen molar-refractivity contribution in [3.05, 3.63) is 53.7 Å². The number of methoxy groups -OCH3 is 1. The minimum absolute atomic E-state index is 0.160. The smallest absolute Gasteiger partial charge is 0.221 e. The normalized spacial score (nSPS) is 13.0. The molecule has 0 atom stereocenters. The van der Waals surface area contributed by atoms with E-state index in [4.69, 9.17) is 30.4 Å². The van der Waals surface area contributed by atoms with Crippen LogP contribution in [-0.2, 0) is 11.2 Å². The van der Waals surface area contributed by atoms with E-state index in [0.29, 0.717) is 31.4 Å². The quantitative estimate of drug-likeness (QED) is 0.420. The number of nitrogens with two attached hydrogens (primary N) is 2. The third-order valence-corrected chi connectivity index (χ3v) is 5.39. The summed E-state index contributed by atoms with van der Waals surface area (Å²) in [5.74, 6) is 3.41. The van der Waals surface area contributed by atoms with Crippen LogP contribution in [0.25, 0.3) is 11.1 Å². The second kappa shape index (κ2) is 10.4. The van der Waals surface area contributed by atoms with Gasteiger partial charge in [-0.25, -0.2) is 4.98 Å². The van der Waals surface area contributed by atoms with Crippen molar-refractivity contribution in [2.45, 2.75) is 26.2 Å². The Morgan fingerprint density at radius 1 is 1.00 bits per heavy atom. The van der Waals surface area contributed by atoms with Crippen molar-refractivity contribution in [2.24, 2.45) is 5.92 Å². The minimum atomic E-state index is 0.160. The summed E-state index contributed by atoms with van der Waals surface area (Å²) < 4.78 is 22.9. The molecule has 1 fully saturated rings. The van der Waals surface area contributed by atoms with E-state index >= 15 is 0 Å². The molecule has 8 heteroatoms. The molecule has 1 saturated carbocycles. The molecule has 1 aromatic heterocycles. The molecule has 4 N–H and O–H groups in total. The Bertz CT molecular complexity index is 1080. The van der Waals surface area contributed by atoms with Crippen LogP contribution in [-0.4, -0.2) is 37.1 Å². The number of aromatic nitrogens is 2. The number of hydrogen-bond donors (Lipinski definition) is 2. The first-order chi connectivity index (χ1) is 16.1. The van der Waals surface area contributed by atoms with Gasteiger partial charge in [-0.3, -0.25) is 0 Å². The zero-order valence-electron chi connectivity index (χ0n) is 19.0. The van der Waals surface area contributed by atoms with E-state index < -0.39 is 0 Å². The van der Waals surface area contributed by atoms with Crippen molar-refractivity contribution in [1.29, 1.82) is 0 Å². The SMILES string of the molecule is CCOc1cc(Cc2cnc(N)nc2N)cc(OCC2CC2)c1-c1ccc(OCOC)cc1. The average molecular weight is 451 g/mol. The molecule has 0 radical (unpaired) electrons. The molecule has 0 saturated heterocycles. The van der Waals surface area contributed by atoms with Gasteiger partial charge in [-0.2, -0.15) is 4.98 Å². The van der Waals surface area contributed by atoms with Crippen molar-refractivity contribution < 1.29 is 18.9 Å². The fourth-order valence-electron chi connectivity index (χ4n) is 3.54. The first-order valence-electron chi connectivity index (χ1n) is 11.1. The molecule has 0 amide bonds. The van der Waals surface area contributed by atoms with Gasteiger partial charge in [0.05, 0.1) is 18.8 Å². The van der Waals surface area contributed by atoms with Crippen LogP contribution in [0.5, 0.6) is 17.2 Å². The highest BCUT2D eigenvalue weighted by Crippen LogP contribution is 2.42. The topological polar surface area (TPSA) is 115 Å². The first-order valence-corrected chi connectivity index (χ1v) is 11.1. The van der Waals surface area contributed by atoms with Crippen molar-refractivity contribution >= 4 is 11.8 Å². The molecule has 1 aliphatic rings. The highest BCUT2D eigenvalue weighted by Gasteiger charge is 2.24. The van der Waals surface area contributed by atoms with Gasteiger partial charge in [0, 0.05) is 25.3 Å². The molecule has 1 heterocycles. The number of rotatable bonds is 11. The Labute approximate surface area is 193 Å². The molecule has 8 nitrogen and oxygen atoms in total. The summed E-state index contributed by atoms with van der Waals surface area (Å²) >= 11 is 0. The molecule has 0 spiro atoms. The summed E-state index contributed by atoms with van der Waals surface area (Å²) in [5.41, 5.74) is 15.4. The summed E-state index contributed by atoms with van der Waals surface area (Å²) in [4.78, 5) is 8.16. The molecule has 0 aliphatic heterocycles. The van der Waals surface area contributed by atoms with Gasteiger partial charge in [0.1, 0.15) is 23.1 Å². The van der Waals surface area contributed by atoms with Gasteiger partial charge in [-0.05, 0) is 61.1 Å². The third-order valence-electron chi connectivity index (χ3n) is 5.39. The lowest BCUT2D eigenvalue weighted by Gasteiger charge is -2.19. The van der Waals surface area contributed by atoms with Crippen LogP contribution in [0.3, 0.4) is 0 Å². The Hall–Kier alpha value is -3.52. The van der Waals surface area contributed by atoms with E-state index in [-0.39, 0.29) is 12.7 Å². The van der Waals surface area contributed by atoms with Crippen molar-refractivity contribution in [2.75, 3.05) is 38.6 Å². The first kappa shape index (κ1) is 22.7. The molecule has 1 aliphatic carbocycles. The summed E-state index contributed by atoms with van der Waals surface area (Å²) in [5, 5.41) is 0. The van der Waals surface area contributed by atoms with E-state index in [1.165, 1.54) is 12.8 Å². The van der Waals surface area contributed by atoms with Gasteiger partial charge in [0.15, 0.2) is 6.79 Å². The van der Waals surface area contributed by atoms with Crippen molar-refractivity contribution in [3.63, 3.8) is 0 Å². The maximum Gasteiger partial charge on any atom is 0.221 e. The number of nitrogens with zero attached hydrogens (tertiary/aromatic N) is 2. The van der Waals surface area contributed by atoms with Crippen LogP contribution < -0.4 is 25.7 Å². The molecule has 174 valence electrons. The summed E-state index contributed by atoms with van der Waals surface area (Å²) in [6, 6.07) is 11.9. The number of hydrogen-bond acceptors (Lipinski definition) is 8. The number of anilines is 2. The Kier molecular flexibility index (Phi) is 7.14. The fraction of sp³-hybridized carbons (Fsp3) is 0.360. The van der Waals surface area contributed by atoms with E-state index in [2.05, 4.69) is 9.97 Å². The predicted molar refractivity (Wildman–Crippen MR) is 127 cm³/mol. The summed E-state index contributed by atoms with van der Waals surface area (Å²) in [6.45, 7) is 3.38. The van der Waals surface area contributed by atoms with Crippen LogP contribution in [0.1, 0.15) is 30.9 Å². The van der Waals surface area contributed by atoms with Gasteiger partial charge in [0.25, 0.3) is 0 Å². The lowest BCUT2D eigenvalue weighted by molar-refractivity contribution is 0.0511. The lowest BCUT2D eigenvalue weighted by Crippen LogP contribution is -2.06. The highest BCUT2D eigenvalue weighted by atomic mass is 16.7. The Balaban J connectivity index is 1.71. The zero-order valence-corrected chi connectivity index (χ0v) is 19.0. The molecule has 3 aromatic rings. The van der Waals surface area contributed by atoms with Crippen LogP contribution in [0.2, 0.25) is 0 Å². The highest BCUT2D eigenvalue weighted by molar-refractivity contribution is 5.78. The third kappa shape index (κ3) is 5.84. The largest absolute Gasteiger partial charge is 0.493 e. The predicted octanol–water partition coefficient (Wildman–Crippen LogP) is 4.07. The zero-order chi connectivity index (χ0) is 23.2. The van der Waals surface area contributed by atoms with Crippen LogP contribution >= 0.6 is 0 Å². The Morgan fingerprint density at radius 3 is 2.36 bits per heavy atom. The van der Waals surface area contributed by atoms with Gasteiger partial charge in [-0.1, -0.05) is 12.1 Å². The van der Waals surface area contributed by atoms with Gasteiger partial charge in [0.2, 0.25) is 5.95 Å². The monoisotopic (exact) mass is 450 g/mol. The van der Waals surface area contributed by atoms with Crippen molar-refractivity contribution in [1.82, 2.24) is 9.97 Å². The van der Waals surface area contributed by atoms with Crippen LogP contribution in [0.15, 0.2) is 42.6 Å². The van der Waals surface area contributed by atoms with E-state index in [0.717, 1.165) is 39.5 Å². The summed E-state index contributed by atoms with van der Waals surface area (Å²) in [6.07, 6.45) is 4.61. The lowest BCUT2D eigenvalue weighted by atomic mass is 9.98. The molecule has 4 rings (SSSR count). The van der Waals surface area contributed by atoms with Gasteiger partial charge >= 0.3 is 0 Å². The number of benzene rings is 2. The molecule has 0 bridgehead atoms. The molecular weight excluding hydrogens is 420 g/mol.